The van der Waals surface area contributed by atoms with Crippen LogP contribution in [0.1, 0.15) is 52.3 Å². The van der Waals surface area contributed by atoms with Crippen molar-refractivity contribution in [1.82, 2.24) is 24.9 Å². The van der Waals surface area contributed by atoms with E-state index in [2.05, 4.69) is 55.9 Å². The summed E-state index contributed by atoms with van der Waals surface area (Å²) in [6.45, 7) is 15.6. The smallest absolute Gasteiger partial charge is 0.192 e. The summed E-state index contributed by atoms with van der Waals surface area (Å²) in [5, 5.41) is 9.38. The molecule has 0 unspecified atom stereocenters. The molecule has 0 radical (unpaired) electrons. The average Bonchev–Trinajstić information content (AvgIpc) is 3.40. The van der Waals surface area contributed by atoms with Crippen molar-refractivity contribution in [1.29, 1.82) is 0 Å². The maximum absolute atomic E-state index is 14.9. The van der Waals surface area contributed by atoms with Gasteiger partial charge in [-0.1, -0.05) is 43.6 Å². The third-order valence-corrected chi connectivity index (χ3v) is 12.9. The van der Waals surface area contributed by atoms with Gasteiger partial charge < -0.3 is 8.95 Å². The molecule has 0 amide bonds. The minimum Gasteiger partial charge on any atom is -0.411 e. The summed E-state index contributed by atoms with van der Waals surface area (Å²) in [4.78, 5) is 8.43. The van der Waals surface area contributed by atoms with Crippen LogP contribution in [0.3, 0.4) is 0 Å². The molecule has 200 valence electrons. The molecule has 0 N–H and O–H groups in total. The lowest BCUT2D eigenvalue weighted by molar-refractivity contribution is -0.0429. The molecule has 4 aromatic rings. The molecular weight excluding hydrogens is 521 g/mol. The summed E-state index contributed by atoms with van der Waals surface area (Å²) in [6, 6.07) is 6.48. The van der Waals surface area contributed by atoms with Crippen LogP contribution < -0.4 is 0 Å². The van der Waals surface area contributed by atoms with Crippen molar-refractivity contribution >= 4 is 19.9 Å². The number of benzene rings is 1. The van der Waals surface area contributed by atoms with E-state index in [0.29, 0.717) is 17.0 Å². The number of hydrogen-bond donors (Lipinski definition) is 0. The van der Waals surface area contributed by atoms with Gasteiger partial charge in [-0.3, -0.25) is 4.68 Å². The van der Waals surface area contributed by atoms with Gasteiger partial charge in [-0.05, 0) is 63.0 Å². The molecule has 1 aliphatic rings. The van der Waals surface area contributed by atoms with Crippen molar-refractivity contribution < 1.29 is 13.3 Å². The van der Waals surface area contributed by atoms with Crippen LogP contribution in [-0.4, -0.2) is 38.8 Å². The van der Waals surface area contributed by atoms with Gasteiger partial charge in [0.1, 0.15) is 17.8 Å². The number of rotatable bonds is 6. The Kier molecular flexibility index (Phi) is 6.60. The zero-order valence-electron chi connectivity index (χ0n) is 22.8. The largest absolute Gasteiger partial charge is 0.411 e. The Balaban J connectivity index is 1.50. The van der Waals surface area contributed by atoms with E-state index in [1.807, 2.05) is 11.6 Å². The van der Waals surface area contributed by atoms with Crippen molar-refractivity contribution in [3.05, 3.63) is 59.5 Å². The lowest BCUT2D eigenvalue weighted by Gasteiger charge is -2.52. The normalized spacial score (nSPS) is 20.0. The van der Waals surface area contributed by atoms with Crippen molar-refractivity contribution in [3.63, 3.8) is 0 Å². The predicted octanol–water partition coefficient (Wildman–Crippen LogP) is 7.88. The Bertz CT molecular complexity index is 1450. The maximum atomic E-state index is 14.9. The highest BCUT2D eigenvalue weighted by Gasteiger charge is 2.50. The van der Waals surface area contributed by atoms with Gasteiger partial charge in [-0.2, -0.15) is 5.10 Å². The highest BCUT2D eigenvalue weighted by molar-refractivity contribution is 6.74. The molecule has 0 saturated heterocycles. The quantitative estimate of drug-likeness (QED) is 0.226. The fourth-order valence-electron chi connectivity index (χ4n) is 5.02. The van der Waals surface area contributed by atoms with Gasteiger partial charge in [0.15, 0.2) is 14.1 Å². The molecule has 1 saturated carbocycles. The van der Waals surface area contributed by atoms with E-state index < -0.39 is 14.1 Å². The SMILES string of the molecule is Cc1c(-c2onc(-c3c(F)cccc3Cl)c2-c2ccncn2)cnn1C1CC(C)(O[Si](C)(C)C(C)(C)C)C1. The number of aromatic nitrogens is 5. The number of nitrogens with zero attached hydrogens (tertiary/aromatic N) is 5. The van der Waals surface area contributed by atoms with Gasteiger partial charge >= 0.3 is 0 Å². The Morgan fingerprint density at radius 1 is 1.18 bits per heavy atom. The summed E-state index contributed by atoms with van der Waals surface area (Å²) in [5.41, 5.74) is 3.08. The van der Waals surface area contributed by atoms with Crippen molar-refractivity contribution in [2.24, 2.45) is 0 Å². The number of hydrogen-bond acceptors (Lipinski definition) is 6. The van der Waals surface area contributed by atoms with E-state index in [4.69, 9.17) is 25.6 Å². The van der Waals surface area contributed by atoms with Gasteiger partial charge in [-0.25, -0.2) is 14.4 Å². The van der Waals surface area contributed by atoms with Crippen molar-refractivity contribution in [3.8, 4) is 33.8 Å². The van der Waals surface area contributed by atoms with E-state index in [1.54, 1.807) is 30.6 Å². The van der Waals surface area contributed by atoms with Crippen LogP contribution in [0.15, 0.2) is 47.5 Å². The minimum absolute atomic E-state index is 0.151. The van der Waals surface area contributed by atoms with Crippen LogP contribution >= 0.6 is 11.6 Å². The molecule has 5 rings (SSSR count). The molecule has 0 bridgehead atoms. The van der Waals surface area contributed by atoms with Crippen LogP contribution in [0.5, 0.6) is 0 Å². The Morgan fingerprint density at radius 2 is 1.92 bits per heavy atom. The first kappa shape index (κ1) is 26.7. The Hall–Kier alpha value is -2.88. The third-order valence-electron chi connectivity index (χ3n) is 8.01. The highest BCUT2D eigenvalue weighted by atomic mass is 35.5. The van der Waals surface area contributed by atoms with Gasteiger partial charge in [0.25, 0.3) is 0 Å². The highest BCUT2D eigenvalue weighted by Crippen LogP contribution is 2.50. The molecule has 3 aromatic heterocycles. The van der Waals surface area contributed by atoms with E-state index >= 15 is 0 Å². The first-order chi connectivity index (χ1) is 17.8. The topological polar surface area (TPSA) is 78.9 Å². The van der Waals surface area contributed by atoms with Crippen LogP contribution in [0.4, 0.5) is 4.39 Å². The van der Waals surface area contributed by atoms with E-state index in [9.17, 15) is 4.39 Å². The van der Waals surface area contributed by atoms with Crippen LogP contribution in [-0.2, 0) is 4.43 Å². The molecule has 0 atom stereocenters. The van der Waals surface area contributed by atoms with Gasteiger partial charge in [0.2, 0.25) is 0 Å². The standard InChI is InChI=1S/C28H33ClFN5O2Si/c1-17-19(15-33-35(17)18-13-28(5,14-18)37-38(6,7)27(2,3)4)26-24(22-11-12-31-16-32-22)25(34-36-26)23-20(29)9-8-10-21(23)30/h8-12,15-16,18H,13-14H2,1-7H3. The second-order valence-corrected chi connectivity index (χ2v) is 17.0. The second kappa shape index (κ2) is 9.39. The van der Waals surface area contributed by atoms with Gasteiger partial charge in [0, 0.05) is 11.9 Å². The third kappa shape index (κ3) is 4.61. The van der Waals surface area contributed by atoms with E-state index in [1.165, 1.54) is 12.4 Å². The number of halogens is 2. The molecule has 0 aliphatic heterocycles. The van der Waals surface area contributed by atoms with Crippen LogP contribution in [0.25, 0.3) is 33.8 Å². The summed E-state index contributed by atoms with van der Waals surface area (Å²) in [5.74, 6) is -0.0306. The molecule has 3 heterocycles. The average molecular weight is 554 g/mol. The molecule has 38 heavy (non-hydrogen) atoms. The van der Waals surface area contributed by atoms with Gasteiger partial charge in [0.05, 0.1) is 45.2 Å². The first-order valence-electron chi connectivity index (χ1n) is 12.8. The molecule has 7 nitrogen and oxygen atoms in total. The van der Waals surface area contributed by atoms with Crippen molar-refractivity contribution in [2.75, 3.05) is 0 Å². The van der Waals surface area contributed by atoms with Crippen molar-refractivity contribution in [2.45, 2.75) is 77.2 Å². The zero-order valence-corrected chi connectivity index (χ0v) is 24.6. The van der Waals surface area contributed by atoms with E-state index in [0.717, 1.165) is 24.1 Å². The molecular formula is C28H33ClFN5O2Si. The fourth-order valence-corrected chi connectivity index (χ4v) is 6.98. The van der Waals surface area contributed by atoms with Crippen LogP contribution in [0.2, 0.25) is 23.2 Å². The predicted molar refractivity (Wildman–Crippen MR) is 149 cm³/mol. The monoisotopic (exact) mass is 553 g/mol. The lowest BCUT2D eigenvalue weighted by atomic mass is 9.77. The zero-order chi connectivity index (χ0) is 27.5. The molecule has 1 aromatic carbocycles. The first-order valence-corrected chi connectivity index (χ1v) is 16.0. The second-order valence-electron chi connectivity index (χ2n) is 11.9. The Morgan fingerprint density at radius 3 is 2.55 bits per heavy atom. The maximum Gasteiger partial charge on any atom is 0.192 e. The molecule has 1 fully saturated rings. The Labute approximate surface area is 228 Å². The minimum atomic E-state index is -1.89. The van der Waals surface area contributed by atoms with Crippen LogP contribution in [0, 0.1) is 12.7 Å². The van der Waals surface area contributed by atoms with E-state index in [-0.39, 0.29) is 33.0 Å². The lowest BCUT2D eigenvalue weighted by Crippen LogP contribution is -2.54. The van der Waals surface area contributed by atoms with Gasteiger partial charge in [-0.15, -0.1) is 0 Å². The summed E-state index contributed by atoms with van der Waals surface area (Å²) >= 11 is 6.40. The summed E-state index contributed by atoms with van der Waals surface area (Å²) in [6.07, 6.45) is 6.60. The molecule has 1 aliphatic carbocycles. The fraction of sp³-hybridized carbons (Fsp3) is 0.429. The molecule has 0 spiro atoms. The molecule has 10 heteroatoms. The summed E-state index contributed by atoms with van der Waals surface area (Å²) in [7, 11) is -1.89. The summed E-state index contributed by atoms with van der Waals surface area (Å²) < 4.78 is 29.6.